The summed E-state index contributed by atoms with van der Waals surface area (Å²) >= 11 is 6.87. The number of H-pyrrole nitrogens is 2. The van der Waals surface area contributed by atoms with Gasteiger partial charge in [0.15, 0.2) is 22.3 Å². The molecule has 0 radical (unpaired) electrons. The third-order valence-corrected chi connectivity index (χ3v) is 13.9. The fourth-order valence-corrected chi connectivity index (χ4v) is 8.38. The Hall–Kier alpha value is -11.4. The molecule has 650 valence electrons. The maximum absolute atomic E-state index is 12.6. The van der Waals surface area contributed by atoms with E-state index in [1.165, 1.54) is 55.9 Å². The van der Waals surface area contributed by atoms with Gasteiger partial charge in [0.25, 0.3) is 46.6 Å². The van der Waals surface area contributed by atoms with Crippen molar-refractivity contribution in [2.75, 3.05) is 108 Å². The number of thiol groups is 1. The van der Waals surface area contributed by atoms with Crippen LogP contribution in [0.2, 0.25) is 0 Å². The number of aromatic nitrogens is 8. The molecular weight excluding hydrogens is 1580 g/mol. The number of anilines is 4. The Morgan fingerprint density at radius 2 is 0.906 bits per heavy atom. The first-order valence-electron chi connectivity index (χ1n) is 36.0. The number of nitrogens with zero attached hydrogens (tertiary/aromatic N) is 8. The van der Waals surface area contributed by atoms with Gasteiger partial charge in [-0.1, -0.05) is 39.5 Å². The Labute approximate surface area is 685 Å². The number of nitrogens with two attached hydrogens (primary N) is 8. The summed E-state index contributed by atoms with van der Waals surface area (Å²) in [5.41, 5.74) is 41.9. The number of terminal acetylenes is 1. The summed E-state index contributed by atoms with van der Waals surface area (Å²) in [6, 6.07) is 9.51. The van der Waals surface area contributed by atoms with E-state index >= 15 is 0 Å². The summed E-state index contributed by atoms with van der Waals surface area (Å²) in [7, 11) is 1.74. The number of nitrogen functional groups attached to an aromatic ring is 2. The minimum Gasteiger partial charge on any atom is -0.481 e. The second-order valence-electron chi connectivity index (χ2n) is 22.8. The van der Waals surface area contributed by atoms with Gasteiger partial charge in [-0.25, -0.2) is 39.1 Å². The molecule has 2 fully saturated rings. The van der Waals surface area contributed by atoms with Crippen molar-refractivity contribution in [2.45, 2.75) is 129 Å². The van der Waals surface area contributed by atoms with Crippen LogP contribution < -0.4 is 89.1 Å². The molecule has 48 heteroatoms. The summed E-state index contributed by atoms with van der Waals surface area (Å²) in [5, 5.41) is 46.9. The first-order chi connectivity index (χ1) is 56.0. The third kappa shape index (κ3) is 48.5. The normalized spacial score (nSPS) is 11.9. The number of carbonyl (C=O) groups is 10. The number of imide groups is 2. The topological polar surface area (TPSA) is 774 Å². The molecule has 31 N–H and O–H groups in total. The first kappa shape index (κ1) is 108. The number of nitrogens with one attached hydrogen (secondary N) is 8. The largest absolute Gasteiger partial charge is 0.481 e. The number of hydrogen-bond donors (Lipinski definition) is 22. The van der Waals surface area contributed by atoms with Crippen LogP contribution in [-0.2, 0) is 87.7 Å². The predicted octanol–water partition coefficient (Wildman–Crippen LogP) is -0.225. The van der Waals surface area contributed by atoms with E-state index < -0.39 is 88.9 Å². The van der Waals surface area contributed by atoms with E-state index in [4.69, 9.17) is 68.3 Å². The number of fused-ring (bicyclic) bond motifs is 2. The smallest absolute Gasteiger partial charge is 0.333 e. The maximum atomic E-state index is 12.6. The van der Waals surface area contributed by atoms with Crippen molar-refractivity contribution < 1.29 is 93.6 Å². The Bertz CT molecular complexity index is 4030. The van der Waals surface area contributed by atoms with Crippen LogP contribution in [0.4, 0.5) is 23.3 Å². The van der Waals surface area contributed by atoms with E-state index in [1.54, 1.807) is 31.3 Å². The fraction of sp³-hybridized carbons (Fsp3) is 0.478. The van der Waals surface area contributed by atoms with E-state index in [9.17, 15) is 62.6 Å². The molecule has 117 heavy (non-hydrogen) atoms. The minimum absolute atomic E-state index is 0. The molecule has 2 saturated heterocycles. The highest BCUT2D eigenvalue weighted by atomic mass is 32.1. The number of rotatable bonds is 37. The monoisotopic (exact) mass is 1690 g/mol. The van der Waals surface area contributed by atoms with Crippen LogP contribution in [0.25, 0.3) is 22.3 Å². The van der Waals surface area contributed by atoms with Gasteiger partial charge in [-0.3, -0.25) is 63.0 Å². The second kappa shape index (κ2) is 67.9. The molecule has 8 rings (SSSR count). The van der Waals surface area contributed by atoms with Gasteiger partial charge in [0.2, 0.25) is 11.9 Å². The van der Waals surface area contributed by atoms with Crippen molar-refractivity contribution in [1.29, 1.82) is 4.78 Å². The van der Waals surface area contributed by atoms with Crippen LogP contribution in [0, 0.1) is 17.6 Å². The van der Waals surface area contributed by atoms with Crippen LogP contribution in [0.15, 0.2) is 70.5 Å². The number of aromatic amines is 2. The molecule has 4 aromatic heterocycles. The first-order valence-corrected chi connectivity index (χ1v) is 36.4. The molecule has 46 nitrogen and oxygen atoms in total. The third-order valence-electron chi connectivity index (χ3n) is 13.9. The number of ether oxygens (including phenoxy) is 4. The van der Waals surface area contributed by atoms with Gasteiger partial charge in [0, 0.05) is 107 Å². The van der Waals surface area contributed by atoms with E-state index in [1.807, 2.05) is 0 Å². The zero-order chi connectivity index (χ0) is 88.5. The van der Waals surface area contributed by atoms with E-state index in [-0.39, 0.29) is 128 Å². The number of carbonyl (C=O) groups excluding carboxylic acids is 7. The predicted molar refractivity (Wildman–Crippen MR) is 436 cm³/mol. The zero-order valence-corrected chi connectivity index (χ0v) is 67.0. The van der Waals surface area contributed by atoms with Crippen LogP contribution in [0.5, 0.6) is 0 Å². The maximum Gasteiger partial charge on any atom is 0.333 e. The van der Waals surface area contributed by atoms with Crippen molar-refractivity contribution >= 4 is 130 Å². The van der Waals surface area contributed by atoms with Crippen molar-refractivity contribution in [3.05, 3.63) is 104 Å². The van der Waals surface area contributed by atoms with Crippen LogP contribution >= 0.6 is 12.8 Å². The van der Waals surface area contributed by atoms with Gasteiger partial charge in [-0.15, -0.1) is 17.9 Å². The molecule has 2 aliphatic heterocycles. The molecule has 0 aliphatic carbocycles. The van der Waals surface area contributed by atoms with Gasteiger partial charge in [0.1, 0.15) is 13.5 Å². The van der Waals surface area contributed by atoms with Crippen LogP contribution in [0.3, 0.4) is 0 Å². The molecule has 2 atom stereocenters. The SMILES string of the molecule is CCCCOCCOCCCC.CNS.N.N=S.NCCCOCCOCCCN.NCN.NCN.Nc1nc2ncc(CNc3ccc(C(=O)NC(CCC(=O)O)C(=O)O)cc3)nc2c(=O)[nH]1.Nc1nc2ncc(CNc3ccc(C(=O)NC(CCC(=O)ON4C(=O)CCC4=O)C(=O)O)cc3)nc2c(=O)[nH]1.O=C1CCC(=O)N1O.[2H]C#C. The lowest BCUT2D eigenvalue weighted by Gasteiger charge is -2.16. The van der Waals surface area contributed by atoms with Crippen LogP contribution in [0.1, 0.15) is 137 Å². The van der Waals surface area contributed by atoms with Gasteiger partial charge in [0.05, 0.1) is 69.7 Å². The molecular formula is C69H111N25O21S2. The van der Waals surface area contributed by atoms with E-state index in [0.29, 0.717) is 54.1 Å². The Morgan fingerprint density at radius 1 is 0.581 bits per heavy atom. The number of carboxylic acid groups (broad SMARTS) is 3. The zero-order valence-electron chi connectivity index (χ0n) is 66.3. The summed E-state index contributed by atoms with van der Waals surface area (Å²) in [6.45, 7) is 12.7. The average molecular weight is 1690 g/mol. The number of aliphatic carboxylic acids is 3. The van der Waals surface area contributed by atoms with Crippen molar-refractivity contribution in [1.82, 2.24) is 71.5 Å². The highest BCUT2D eigenvalue weighted by molar-refractivity contribution is 7.78. The number of benzene rings is 2. The van der Waals surface area contributed by atoms with Gasteiger partial charge >= 0.3 is 23.9 Å². The molecule has 0 spiro atoms. The van der Waals surface area contributed by atoms with Gasteiger partial charge in [-0.2, -0.15) is 15.0 Å². The molecule has 6 amide bonds. The van der Waals surface area contributed by atoms with Crippen LogP contribution in [-0.4, -0.2) is 228 Å². The van der Waals surface area contributed by atoms with Crippen molar-refractivity contribution in [3.63, 3.8) is 0 Å². The van der Waals surface area contributed by atoms with Crippen molar-refractivity contribution in [3.8, 4) is 12.8 Å². The second-order valence-corrected chi connectivity index (χ2v) is 23.3. The Kier molecular flexibility index (Phi) is 62.4. The lowest BCUT2D eigenvalue weighted by atomic mass is 10.1. The fourth-order valence-electron chi connectivity index (χ4n) is 8.38. The quantitative estimate of drug-likeness (QED) is 0.00598. The van der Waals surface area contributed by atoms with E-state index in [0.717, 1.165) is 65.3 Å². The Morgan fingerprint density at radius 3 is 1.21 bits per heavy atom. The Balaban J connectivity index is -0.00000148. The number of carboxylic acids is 3. The number of amides is 6. The number of hydrogen-bond acceptors (Lipinski definition) is 39. The summed E-state index contributed by atoms with van der Waals surface area (Å²) in [6.07, 6.45) is 14.0. The molecule has 0 bridgehead atoms. The lowest BCUT2D eigenvalue weighted by molar-refractivity contribution is -0.197. The summed E-state index contributed by atoms with van der Waals surface area (Å²) < 4.78 is 34.6. The number of hydroxylamine groups is 4. The molecule has 2 aliphatic rings. The van der Waals surface area contributed by atoms with Gasteiger partial charge in [-0.05, 0) is 107 Å². The minimum atomic E-state index is -1.42. The highest BCUT2D eigenvalue weighted by Crippen LogP contribution is 2.17. The standard InChI is InChI=1S/C23H22N8O8.C19H19N7O6.C10H22O2.C8H20N2O2.C4H5NO3.C2H2.2CH6N2.CH5NS.HNS.H3N/c24-23-29-19-18(21(36)30-23)27-13(10-26-19)9-25-12-3-1-11(2-4-12)20(35)28-14(22(37)38)5-8-17(34)39-31-15(32)6-7-16(31)33;20-19-25-15-14(17(30)26-19)23-11(8-22-15)7-21-10-3-1-9(2-4-10)16(29)24-12(18(31)32)5-6-13(27)28;1-3-5-7-11-9-10-12-8-6-4-2;9-3-1-5-11-7-8-12-6-2-4-10;6-3-1-2-4(7)5(3)8;1-2;2*2-1-3;1-2-3;1-2;/h1-4,10,14,25H,5-9H2,(H,28,35)(H,37,38)(H3,24,26,29,30,36);1-4,8,12,21H,5-7H2,(H,24,29)(H,27,28)(H,31,32)(H3,20,22,25,26,30);3-10H2,1-2H3;1-10H2;8H,1-2H2;1-2H;2*1-3H2;2-3H,1H3;1H;1H3/i;;;;;1D;;;;;. The van der Waals surface area contributed by atoms with E-state index in [2.05, 4.69) is 134 Å². The average Bonchev–Trinajstić information content (AvgIpc) is 1.29. The van der Waals surface area contributed by atoms with Crippen molar-refractivity contribution in [2.24, 2.45) is 34.4 Å². The molecule has 2 aromatic carbocycles. The molecule has 6 aromatic rings. The summed E-state index contributed by atoms with van der Waals surface area (Å²) in [4.78, 5) is 171. The molecule has 6 heterocycles. The number of unbranched alkanes of at least 4 members (excludes halogenated alkanes) is 2. The summed E-state index contributed by atoms with van der Waals surface area (Å²) in [5.74, 6) is -8.59. The van der Waals surface area contributed by atoms with Gasteiger partial charge < -0.3 is 112 Å². The molecule has 0 saturated carbocycles. The lowest BCUT2D eigenvalue weighted by Crippen LogP contribution is -2.41. The highest BCUT2D eigenvalue weighted by Gasteiger charge is 2.34. The molecule has 2 unspecified atom stereocenters.